The molecule has 0 atom stereocenters. The molecule has 0 saturated carbocycles. The van der Waals surface area contributed by atoms with Gasteiger partial charge in [-0.15, -0.1) is 0 Å². The second-order valence-electron chi connectivity index (χ2n) is 6.96. The third-order valence-corrected chi connectivity index (χ3v) is 4.38. The van der Waals surface area contributed by atoms with Gasteiger partial charge in [-0.2, -0.15) is 0 Å². The highest BCUT2D eigenvalue weighted by Gasteiger charge is 1.90. The number of rotatable bonds is 19. The minimum absolute atomic E-state index is 0.962. The van der Waals surface area contributed by atoms with Gasteiger partial charge >= 0.3 is 0 Å². The van der Waals surface area contributed by atoms with Crippen LogP contribution < -0.4 is 0 Å². The molecule has 0 unspecified atom stereocenters. The van der Waals surface area contributed by atoms with E-state index < -0.39 is 0 Å². The Morgan fingerprint density at radius 2 is 0.815 bits per heavy atom. The zero-order valence-electron chi connectivity index (χ0n) is 17.8. The maximum Gasteiger partial charge on any atom is -0.00477 e. The van der Waals surface area contributed by atoms with E-state index in [4.69, 9.17) is 5.41 Å². The minimum atomic E-state index is 0.962. The molecule has 0 aromatic heterocycles. The highest BCUT2D eigenvalue weighted by atomic mass is 14.3. The van der Waals surface area contributed by atoms with E-state index in [9.17, 15) is 0 Å². The van der Waals surface area contributed by atoms with Crippen molar-refractivity contribution < 1.29 is 0 Å². The van der Waals surface area contributed by atoms with Crippen LogP contribution in [0.25, 0.3) is 0 Å². The summed E-state index contributed by atoms with van der Waals surface area (Å²) in [6.07, 6.45) is 40.8. The Hall–Kier alpha value is -1.63. The summed E-state index contributed by atoms with van der Waals surface area (Å²) in [4.78, 5) is 0. The molecule has 152 valence electrons. The van der Waals surface area contributed by atoms with Gasteiger partial charge in [0.05, 0.1) is 0 Å². The lowest BCUT2D eigenvalue weighted by atomic mass is 10.1. The van der Waals surface area contributed by atoms with Crippen LogP contribution in [0.15, 0.2) is 60.8 Å². The van der Waals surface area contributed by atoms with Gasteiger partial charge < -0.3 is 5.41 Å². The topological polar surface area (TPSA) is 23.9 Å². The van der Waals surface area contributed by atoms with E-state index in [1.165, 1.54) is 57.6 Å². The molecule has 0 saturated heterocycles. The first kappa shape index (κ1) is 25.4. The Balaban J connectivity index is 3.34. The molecule has 0 radical (unpaired) electrons. The number of hydrogen-bond acceptors (Lipinski definition) is 1. The lowest BCUT2D eigenvalue weighted by molar-refractivity contribution is 0.587. The molecule has 27 heavy (non-hydrogen) atoms. The van der Waals surface area contributed by atoms with E-state index in [2.05, 4.69) is 67.7 Å². The third-order valence-electron chi connectivity index (χ3n) is 4.38. The normalized spacial score (nSPS) is 12.6. The second kappa shape index (κ2) is 24.4. The van der Waals surface area contributed by atoms with Crippen LogP contribution in [0, 0.1) is 5.41 Å². The molecule has 0 aliphatic heterocycles. The van der Waals surface area contributed by atoms with Crippen molar-refractivity contribution >= 4 is 6.21 Å². The van der Waals surface area contributed by atoms with Crippen LogP contribution in [0.3, 0.4) is 0 Å². The maximum absolute atomic E-state index is 6.99. The van der Waals surface area contributed by atoms with Crippen LogP contribution in [0.1, 0.15) is 96.8 Å². The fourth-order valence-corrected chi connectivity index (χ4v) is 2.76. The van der Waals surface area contributed by atoms with Crippen LogP contribution in [-0.4, -0.2) is 6.21 Å². The summed E-state index contributed by atoms with van der Waals surface area (Å²) in [6, 6.07) is 0. The molecule has 1 N–H and O–H groups in total. The van der Waals surface area contributed by atoms with Crippen molar-refractivity contribution in [1.82, 2.24) is 0 Å². The van der Waals surface area contributed by atoms with E-state index in [1.54, 1.807) is 0 Å². The maximum atomic E-state index is 6.99. The van der Waals surface area contributed by atoms with Crippen molar-refractivity contribution in [2.24, 2.45) is 0 Å². The largest absolute Gasteiger partial charge is 0.313 e. The Bertz CT molecular complexity index is 437. The fraction of sp³-hybridized carbons (Fsp3) is 0.577. The van der Waals surface area contributed by atoms with Gasteiger partial charge in [0.1, 0.15) is 0 Å². The smallest absolute Gasteiger partial charge is 0.00477 e. The predicted molar refractivity (Wildman–Crippen MR) is 125 cm³/mol. The average molecular weight is 370 g/mol. The summed E-state index contributed by atoms with van der Waals surface area (Å²) in [5, 5.41) is 6.99. The van der Waals surface area contributed by atoms with Gasteiger partial charge in [0.25, 0.3) is 0 Å². The Morgan fingerprint density at radius 1 is 0.444 bits per heavy atom. The third kappa shape index (κ3) is 24.4. The van der Waals surface area contributed by atoms with Gasteiger partial charge in [-0.1, -0.05) is 99.8 Å². The first-order valence-electron chi connectivity index (χ1n) is 11.2. The molecular weight excluding hydrogens is 326 g/mol. The molecule has 1 heteroatoms. The monoisotopic (exact) mass is 369 g/mol. The van der Waals surface area contributed by atoms with E-state index in [1.807, 2.05) is 0 Å². The minimum Gasteiger partial charge on any atom is -0.313 e. The number of hydrogen-bond donors (Lipinski definition) is 1. The molecule has 0 aliphatic carbocycles. The molecule has 0 aliphatic rings. The van der Waals surface area contributed by atoms with Crippen LogP contribution in [0.4, 0.5) is 0 Å². The molecule has 0 aromatic rings. The van der Waals surface area contributed by atoms with Crippen molar-refractivity contribution in [3.8, 4) is 0 Å². The molecule has 0 fully saturated rings. The van der Waals surface area contributed by atoms with E-state index >= 15 is 0 Å². The van der Waals surface area contributed by atoms with Crippen molar-refractivity contribution in [2.45, 2.75) is 96.8 Å². The first-order chi connectivity index (χ1) is 13.4. The number of allylic oxidation sites excluding steroid dienone is 10. The van der Waals surface area contributed by atoms with Crippen LogP contribution in [0.5, 0.6) is 0 Å². The van der Waals surface area contributed by atoms with Crippen molar-refractivity contribution in [2.75, 3.05) is 0 Å². The summed E-state index contributed by atoms with van der Waals surface area (Å²) in [6.45, 7) is 2.17. The van der Waals surface area contributed by atoms with E-state index in [-0.39, 0.29) is 0 Å². The summed E-state index contributed by atoms with van der Waals surface area (Å²) in [5.74, 6) is 0. The summed E-state index contributed by atoms with van der Waals surface area (Å²) in [5.41, 5.74) is 0. The Morgan fingerprint density at radius 3 is 1.26 bits per heavy atom. The second-order valence-corrected chi connectivity index (χ2v) is 6.96. The van der Waals surface area contributed by atoms with E-state index in [0.29, 0.717) is 0 Å². The number of nitrogens with one attached hydrogen (secondary N) is 1. The molecule has 0 spiro atoms. The van der Waals surface area contributed by atoms with Crippen LogP contribution >= 0.6 is 0 Å². The SMILES string of the molecule is CC/C=C\C/C=C\C/C=C\C/C=C\C/C=C\CCCCCCCCCC=N. The lowest BCUT2D eigenvalue weighted by Crippen LogP contribution is -1.81. The molecule has 0 amide bonds. The predicted octanol–water partition coefficient (Wildman–Crippen LogP) is 8.90. The highest BCUT2D eigenvalue weighted by Crippen LogP contribution is 2.09. The first-order valence-corrected chi connectivity index (χ1v) is 11.2. The molecule has 1 nitrogen and oxygen atoms in total. The van der Waals surface area contributed by atoms with Gasteiger partial charge in [0.15, 0.2) is 0 Å². The standard InChI is InChI=1S/C26H43N/c1-2-3-4-5-6-7-8-9-10-11-12-13-14-15-16-17-18-19-20-21-22-23-24-25-26-27/h3-4,6-7,9-10,12-13,15-16,26-27H,2,5,8,11,14,17-25H2,1H3/b4-3-,7-6-,10-9-,13-12-,16-15-,27-26?. The van der Waals surface area contributed by atoms with E-state index in [0.717, 1.165) is 38.5 Å². The highest BCUT2D eigenvalue weighted by molar-refractivity contribution is 5.52. The zero-order valence-corrected chi connectivity index (χ0v) is 17.8. The summed E-state index contributed by atoms with van der Waals surface area (Å²) < 4.78 is 0. The molecular formula is C26H43N. The van der Waals surface area contributed by atoms with Gasteiger partial charge in [-0.05, 0) is 64.0 Å². The number of unbranched alkanes of at least 4 members (excludes halogenated alkanes) is 8. The van der Waals surface area contributed by atoms with Gasteiger partial charge in [0.2, 0.25) is 0 Å². The molecule has 0 bridgehead atoms. The van der Waals surface area contributed by atoms with Gasteiger partial charge in [0, 0.05) is 0 Å². The average Bonchev–Trinajstić information content (AvgIpc) is 2.68. The van der Waals surface area contributed by atoms with Crippen molar-refractivity contribution in [1.29, 1.82) is 5.41 Å². The van der Waals surface area contributed by atoms with Gasteiger partial charge in [-0.3, -0.25) is 0 Å². The zero-order chi connectivity index (χ0) is 19.7. The molecule has 0 heterocycles. The molecule has 0 aromatic carbocycles. The van der Waals surface area contributed by atoms with Crippen molar-refractivity contribution in [3.05, 3.63) is 60.8 Å². The molecule has 0 rings (SSSR count). The Kier molecular flexibility index (Phi) is 22.9. The Labute approximate surface area is 169 Å². The fourth-order valence-electron chi connectivity index (χ4n) is 2.76. The van der Waals surface area contributed by atoms with Crippen molar-refractivity contribution in [3.63, 3.8) is 0 Å². The summed E-state index contributed by atoms with van der Waals surface area (Å²) >= 11 is 0. The quantitative estimate of drug-likeness (QED) is 0.133. The summed E-state index contributed by atoms with van der Waals surface area (Å²) in [7, 11) is 0. The lowest BCUT2D eigenvalue weighted by Gasteiger charge is -1.99. The van der Waals surface area contributed by atoms with Crippen LogP contribution in [0.2, 0.25) is 0 Å². The van der Waals surface area contributed by atoms with Crippen LogP contribution in [-0.2, 0) is 0 Å². The van der Waals surface area contributed by atoms with Gasteiger partial charge in [-0.25, -0.2) is 0 Å².